The summed E-state index contributed by atoms with van der Waals surface area (Å²) in [6.07, 6.45) is -7.25. The Morgan fingerprint density at radius 3 is 1.65 bits per heavy atom. The smallest absolute Gasteiger partial charge is 0.184 e. The first-order valence-corrected chi connectivity index (χ1v) is 8.59. The molecule has 0 aromatic heterocycles. The molecule has 0 spiro atoms. The Labute approximate surface area is 151 Å². The molecule has 1 saturated heterocycles. The van der Waals surface area contributed by atoms with Crippen molar-refractivity contribution >= 4 is 0 Å². The van der Waals surface area contributed by atoms with Crippen LogP contribution in [0, 0.1) is 0 Å². The molecular weight excluding hydrogens is 336 g/mol. The van der Waals surface area contributed by atoms with Crippen LogP contribution in [0.3, 0.4) is 0 Å². The molecule has 1 fully saturated rings. The van der Waals surface area contributed by atoms with Gasteiger partial charge in [0, 0.05) is 12.8 Å². The SMILES string of the molecule is OC1O[C@@H]([C@H](O)C(O)(Cc2ccccc2)Cc2ccccc2)[C@@H](O)[C@@H]1O. The maximum Gasteiger partial charge on any atom is 0.184 e. The summed E-state index contributed by atoms with van der Waals surface area (Å²) in [5, 5.41) is 51.6. The molecule has 1 heterocycles. The van der Waals surface area contributed by atoms with Crippen LogP contribution >= 0.6 is 0 Å². The van der Waals surface area contributed by atoms with Crippen LogP contribution < -0.4 is 0 Å². The lowest BCUT2D eigenvalue weighted by atomic mass is 9.80. The van der Waals surface area contributed by atoms with Gasteiger partial charge in [0.15, 0.2) is 6.29 Å². The van der Waals surface area contributed by atoms with Gasteiger partial charge in [-0.3, -0.25) is 0 Å². The zero-order chi connectivity index (χ0) is 18.7. The van der Waals surface area contributed by atoms with Crippen molar-refractivity contribution in [3.05, 3.63) is 71.8 Å². The number of ether oxygens (including phenoxy) is 1. The predicted octanol–water partition coefficient (Wildman–Crippen LogP) is 0.00280. The fraction of sp³-hybridized carbons (Fsp3) is 0.400. The van der Waals surface area contributed by atoms with Crippen molar-refractivity contribution in [3.63, 3.8) is 0 Å². The van der Waals surface area contributed by atoms with Crippen LogP contribution in [0.15, 0.2) is 60.7 Å². The van der Waals surface area contributed by atoms with Crippen molar-refractivity contribution in [1.82, 2.24) is 0 Å². The Kier molecular flexibility index (Phi) is 5.72. The van der Waals surface area contributed by atoms with E-state index in [0.29, 0.717) is 0 Å². The molecule has 0 bridgehead atoms. The summed E-state index contributed by atoms with van der Waals surface area (Å²) in [4.78, 5) is 0. The van der Waals surface area contributed by atoms with Crippen LogP contribution in [0.25, 0.3) is 0 Å². The van der Waals surface area contributed by atoms with Gasteiger partial charge >= 0.3 is 0 Å². The van der Waals surface area contributed by atoms with Gasteiger partial charge in [0.25, 0.3) is 0 Å². The van der Waals surface area contributed by atoms with Gasteiger partial charge in [0.1, 0.15) is 30.0 Å². The van der Waals surface area contributed by atoms with Gasteiger partial charge < -0.3 is 30.3 Å². The van der Waals surface area contributed by atoms with E-state index in [-0.39, 0.29) is 12.8 Å². The second-order valence-electron chi connectivity index (χ2n) is 6.85. The van der Waals surface area contributed by atoms with Crippen LogP contribution in [-0.4, -0.2) is 61.8 Å². The summed E-state index contributed by atoms with van der Waals surface area (Å²) in [6, 6.07) is 18.4. The molecular formula is C20H24O6. The van der Waals surface area contributed by atoms with Gasteiger partial charge in [-0.1, -0.05) is 60.7 Å². The standard InChI is InChI=1S/C20H24O6/c21-15-16(22)19(24)26-17(15)18(23)20(25,11-13-7-3-1-4-8-13)12-14-9-5-2-6-10-14/h1-10,15-19,21-25H,11-12H2/t15-,16-,17+,18-,19?/m0/s1. The highest BCUT2D eigenvalue weighted by atomic mass is 16.6. The van der Waals surface area contributed by atoms with E-state index in [9.17, 15) is 25.5 Å². The molecule has 2 aromatic carbocycles. The van der Waals surface area contributed by atoms with E-state index in [4.69, 9.17) is 4.74 Å². The Morgan fingerprint density at radius 1 is 0.808 bits per heavy atom. The maximum atomic E-state index is 11.3. The predicted molar refractivity (Wildman–Crippen MR) is 94.1 cm³/mol. The highest BCUT2D eigenvalue weighted by molar-refractivity contribution is 5.23. The average Bonchev–Trinajstić information content (AvgIpc) is 2.90. The molecule has 1 aliphatic rings. The number of benzene rings is 2. The van der Waals surface area contributed by atoms with Crippen molar-refractivity contribution in [1.29, 1.82) is 0 Å². The van der Waals surface area contributed by atoms with E-state index in [0.717, 1.165) is 11.1 Å². The van der Waals surface area contributed by atoms with Gasteiger partial charge in [-0.05, 0) is 11.1 Å². The number of aliphatic hydroxyl groups is 5. The summed E-state index contributed by atoms with van der Waals surface area (Å²) in [6.45, 7) is 0. The fourth-order valence-electron chi connectivity index (χ4n) is 3.42. The largest absolute Gasteiger partial charge is 0.387 e. The molecule has 0 amide bonds. The van der Waals surface area contributed by atoms with E-state index in [1.165, 1.54) is 0 Å². The summed E-state index contributed by atoms with van der Waals surface area (Å²) in [5.74, 6) is 0. The Balaban J connectivity index is 1.89. The fourth-order valence-corrected chi connectivity index (χ4v) is 3.42. The van der Waals surface area contributed by atoms with E-state index < -0.39 is 36.3 Å². The molecule has 1 unspecified atom stereocenters. The molecule has 26 heavy (non-hydrogen) atoms. The van der Waals surface area contributed by atoms with Crippen molar-refractivity contribution in [2.24, 2.45) is 0 Å². The lowest BCUT2D eigenvalue weighted by molar-refractivity contribution is -0.183. The van der Waals surface area contributed by atoms with Crippen molar-refractivity contribution < 1.29 is 30.3 Å². The lowest BCUT2D eigenvalue weighted by Crippen LogP contribution is -2.55. The number of hydrogen-bond acceptors (Lipinski definition) is 6. The molecule has 140 valence electrons. The quantitative estimate of drug-likeness (QED) is 0.496. The molecule has 3 rings (SSSR count). The average molecular weight is 360 g/mol. The summed E-state index contributed by atoms with van der Waals surface area (Å²) >= 11 is 0. The molecule has 5 N–H and O–H groups in total. The number of aliphatic hydroxyl groups excluding tert-OH is 4. The topological polar surface area (TPSA) is 110 Å². The van der Waals surface area contributed by atoms with Crippen LogP contribution in [0.2, 0.25) is 0 Å². The Bertz CT molecular complexity index is 650. The monoisotopic (exact) mass is 360 g/mol. The summed E-state index contributed by atoms with van der Waals surface area (Å²) < 4.78 is 5.11. The first kappa shape index (κ1) is 19.0. The van der Waals surface area contributed by atoms with Crippen LogP contribution in [0.4, 0.5) is 0 Å². The van der Waals surface area contributed by atoms with Gasteiger partial charge in [0.2, 0.25) is 0 Å². The van der Waals surface area contributed by atoms with Crippen molar-refractivity contribution in [3.8, 4) is 0 Å². The zero-order valence-corrected chi connectivity index (χ0v) is 14.2. The van der Waals surface area contributed by atoms with E-state index in [1.807, 2.05) is 60.7 Å². The number of hydrogen-bond donors (Lipinski definition) is 5. The minimum absolute atomic E-state index is 0.114. The third kappa shape index (κ3) is 3.96. The van der Waals surface area contributed by atoms with E-state index in [1.54, 1.807) is 0 Å². The molecule has 1 aliphatic heterocycles. The lowest BCUT2D eigenvalue weighted by Gasteiger charge is -2.37. The third-order valence-electron chi connectivity index (χ3n) is 4.84. The molecule has 2 aromatic rings. The second-order valence-corrected chi connectivity index (χ2v) is 6.85. The highest BCUT2D eigenvalue weighted by Gasteiger charge is 2.51. The first-order chi connectivity index (χ1) is 12.4. The Morgan fingerprint density at radius 2 is 1.27 bits per heavy atom. The molecule has 0 radical (unpaired) electrons. The summed E-state index contributed by atoms with van der Waals surface area (Å²) in [5.41, 5.74) is -0.0601. The molecule has 6 nitrogen and oxygen atoms in total. The molecule has 6 heteroatoms. The normalized spacial score (nSPS) is 27.4. The number of rotatable bonds is 6. The van der Waals surface area contributed by atoms with Gasteiger partial charge in [-0.15, -0.1) is 0 Å². The second kappa shape index (κ2) is 7.84. The van der Waals surface area contributed by atoms with Crippen LogP contribution in [0.5, 0.6) is 0 Å². The zero-order valence-electron chi connectivity index (χ0n) is 14.2. The van der Waals surface area contributed by atoms with Crippen molar-refractivity contribution in [2.75, 3.05) is 0 Å². The summed E-state index contributed by atoms with van der Waals surface area (Å²) in [7, 11) is 0. The molecule has 5 atom stereocenters. The Hall–Kier alpha value is -1.80. The molecule has 0 aliphatic carbocycles. The maximum absolute atomic E-state index is 11.3. The van der Waals surface area contributed by atoms with Crippen LogP contribution in [-0.2, 0) is 17.6 Å². The molecule has 0 saturated carbocycles. The van der Waals surface area contributed by atoms with Gasteiger partial charge in [-0.2, -0.15) is 0 Å². The van der Waals surface area contributed by atoms with Gasteiger partial charge in [-0.25, -0.2) is 0 Å². The van der Waals surface area contributed by atoms with E-state index >= 15 is 0 Å². The van der Waals surface area contributed by atoms with Gasteiger partial charge in [0.05, 0.1) is 0 Å². The first-order valence-electron chi connectivity index (χ1n) is 8.59. The van der Waals surface area contributed by atoms with Crippen molar-refractivity contribution in [2.45, 2.75) is 49.1 Å². The minimum atomic E-state index is -1.67. The van der Waals surface area contributed by atoms with E-state index in [2.05, 4.69) is 0 Å². The van der Waals surface area contributed by atoms with Crippen LogP contribution in [0.1, 0.15) is 11.1 Å². The highest BCUT2D eigenvalue weighted by Crippen LogP contribution is 2.31. The minimum Gasteiger partial charge on any atom is -0.387 e. The third-order valence-corrected chi connectivity index (χ3v) is 4.84.